The van der Waals surface area contributed by atoms with E-state index in [4.69, 9.17) is 19.9 Å². The first-order valence-corrected chi connectivity index (χ1v) is 10.2. The Hall–Kier alpha value is -3.07. The molecule has 0 aliphatic carbocycles. The van der Waals surface area contributed by atoms with Gasteiger partial charge in [0.25, 0.3) is 0 Å². The van der Waals surface area contributed by atoms with Crippen LogP contribution in [0, 0.1) is 12.7 Å². The number of nitrogen functional groups attached to an aromatic ring is 1. The predicted molar refractivity (Wildman–Crippen MR) is 113 cm³/mol. The predicted octanol–water partition coefficient (Wildman–Crippen LogP) is 5.23. The number of nitrogens with two attached hydrogens (primary N) is 1. The van der Waals surface area contributed by atoms with Gasteiger partial charge in [-0.2, -0.15) is 0 Å². The minimum Gasteiger partial charge on any atom is -0.455 e. The number of hydrogen-bond acceptors (Lipinski definition) is 7. The molecular formula is C22H18FN3O3S. The monoisotopic (exact) mass is 423 g/mol. The molecule has 2 N–H and O–H groups in total. The van der Waals surface area contributed by atoms with Crippen molar-refractivity contribution in [2.45, 2.75) is 13.2 Å². The maximum atomic E-state index is 14.1. The number of hydrogen-bond donors (Lipinski definition) is 1. The summed E-state index contributed by atoms with van der Waals surface area (Å²) in [4.78, 5) is 9.94. The average Bonchev–Trinajstić information content (AvgIpc) is 3.45. The smallest absolute Gasteiger partial charge is 0.185 e. The van der Waals surface area contributed by atoms with Crippen molar-refractivity contribution in [1.29, 1.82) is 0 Å². The Morgan fingerprint density at radius 3 is 2.70 bits per heavy atom. The molecule has 0 bridgehead atoms. The molecular weight excluding hydrogens is 405 g/mol. The number of anilines is 1. The Morgan fingerprint density at radius 1 is 1.10 bits per heavy atom. The minimum absolute atomic E-state index is 0.0982. The highest BCUT2D eigenvalue weighted by Gasteiger charge is 2.19. The molecule has 0 atom stereocenters. The highest BCUT2D eigenvalue weighted by atomic mass is 32.1. The largest absolute Gasteiger partial charge is 0.455 e. The number of thiophene rings is 1. The van der Waals surface area contributed by atoms with E-state index in [1.165, 1.54) is 17.4 Å². The van der Waals surface area contributed by atoms with Crippen LogP contribution in [-0.4, -0.2) is 23.2 Å². The summed E-state index contributed by atoms with van der Waals surface area (Å²) in [5.74, 6) is 0.556. The van der Waals surface area contributed by atoms with Gasteiger partial charge in [0.2, 0.25) is 0 Å². The third-order valence-electron chi connectivity index (χ3n) is 4.90. The first-order chi connectivity index (χ1) is 14.6. The topological polar surface area (TPSA) is 79.5 Å². The Kier molecular flexibility index (Phi) is 4.82. The number of halogens is 1. The van der Waals surface area contributed by atoms with E-state index in [9.17, 15) is 4.39 Å². The van der Waals surface area contributed by atoms with Gasteiger partial charge < -0.3 is 19.9 Å². The fourth-order valence-corrected chi connectivity index (χ4v) is 4.32. The van der Waals surface area contributed by atoms with E-state index in [0.29, 0.717) is 30.3 Å². The van der Waals surface area contributed by atoms with Crippen LogP contribution in [0.1, 0.15) is 17.4 Å². The lowest BCUT2D eigenvalue weighted by molar-refractivity contribution is -0.0443. The molecule has 1 aliphatic heterocycles. The Balaban J connectivity index is 1.47. The maximum Gasteiger partial charge on any atom is 0.185 e. The van der Waals surface area contributed by atoms with Crippen molar-refractivity contribution < 1.29 is 18.6 Å². The first kappa shape index (κ1) is 18.9. The number of nitrogens with zero attached hydrogens (tertiary/aromatic N) is 2. The molecule has 0 unspecified atom stereocenters. The molecule has 1 aromatic carbocycles. The summed E-state index contributed by atoms with van der Waals surface area (Å²) in [6.45, 7) is 2.83. The van der Waals surface area contributed by atoms with E-state index in [2.05, 4.69) is 9.97 Å². The van der Waals surface area contributed by atoms with Gasteiger partial charge in [0.1, 0.15) is 11.5 Å². The molecule has 0 spiro atoms. The fourth-order valence-electron chi connectivity index (χ4n) is 3.28. The molecule has 1 fully saturated rings. The number of pyridine rings is 2. The normalized spacial score (nSPS) is 14.5. The van der Waals surface area contributed by atoms with Crippen LogP contribution in [0.4, 0.5) is 10.1 Å². The maximum absolute atomic E-state index is 14.1. The zero-order chi connectivity index (χ0) is 20.7. The number of rotatable bonds is 4. The van der Waals surface area contributed by atoms with Crippen LogP contribution in [0.5, 0.6) is 11.5 Å². The highest BCUT2D eigenvalue weighted by Crippen LogP contribution is 2.40. The van der Waals surface area contributed by atoms with Crippen LogP contribution in [0.3, 0.4) is 0 Å². The van der Waals surface area contributed by atoms with Crippen molar-refractivity contribution >= 4 is 27.2 Å². The van der Waals surface area contributed by atoms with Crippen LogP contribution in [0.25, 0.3) is 20.8 Å². The summed E-state index contributed by atoms with van der Waals surface area (Å²) in [6, 6.07) is 10.8. The van der Waals surface area contributed by atoms with Gasteiger partial charge in [-0.3, -0.25) is 9.97 Å². The van der Waals surface area contributed by atoms with E-state index in [1.54, 1.807) is 31.5 Å². The van der Waals surface area contributed by atoms with Gasteiger partial charge >= 0.3 is 0 Å². The fraction of sp³-hybridized carbons (Fsp3) is 0.182. The van der Waals surface area contributed by atoms with Crippen LogP contribution in [0.15, 0.2) is 48.8 Å². The SMILES string of the molecule is Cc1c(Oc2ccnc3cc(-c4ccc(C5OCCO5)cn4)sc23)ccc(N)c1F. The molecule has 0 saturated carbocycles. The summed E-state index contributed by atoms with van der Waals surface area (Å²) in [6.07, 6.45) is 3.09. The molecule has 152 valence electrons. The second-order valence-corrected chi connectivity index (χ2v) is 7.93. The van der Waals surface area contributed by atoms with Crippen molar-refractivity contribution in [1.82, 2.24) is 9.97 Å². The summed E-state index contributed by atoms with van der Waals surface area (Å²) >= 11 is 1.52. The molecule has 4 heterocycles. The second kappa shape index (κ2) is 7.64. The zero-order valence-corrected chi connectivity index (χ0v) is 16.9. The minimum atomic E-state index is -0.468. The quantitative estimate of drug-likeness (QED) is 0.453. The molecule has 4 aromatic rings. The van der Waals surface area contributed by atoms with E-state index in [0.717, 1.165) is 26.4 Å². The molecule has 5 rings (SSSR count). The lowest BCUT2D eigenvalue weighted by Gasteiger charge is -2.11. The van der Waals surface area contributed by atoms with E-state index in [1.807, 2.05) is 18.2 Å². The summed E-state index contributed by atoms with van der Waals surface area (Å²) in [7, 11) is 0. The number of ether oxygens (including phenoxy) is 3. The molecule has 1 aliphatic rings. The van der Waals surface area contributed by atoms with Crippen molar-refractivity contribution in [2.24, 2.45) is 0 Å². The van der Waals surface area contributed by atoms with E-state index < -0.39 is 5.82 Å². The van der Waals surface area contributed by atoms with Crippen molar-refractivity contribution in [3.63, 3.8) is 0 Å². The summed E-state index contributed by atoms with van der Waals surface area (Å²) < 4.78 is 32.0. The van der Waals surface area contributed by atoms with Crippen LogP contribution in [0.2, 0.25) is 0 Å². The third-order valence-corrected chi connectivity index (χ3v) is 6.06. The lowest BCUT2D eigenvalue weighted by Crippen LogP contribution is -1.98. The second-order valence-electron chi connectivity index (χ2n) is 6.88. The van der Waals surface area contributed by atoms with Gasteiger partial charge in [0.15, 0.2) is 12.1 Å². The highest BCUT2D eigenvalue weighted by molar-refractivity contribution is 7.22. The molecule has 8 heteroatoms. The lowest BCUT2D eigenvalue weighted by atomic mass is 10.2. The summed E-state index contributed by atoms with van der Waals surface area (Å²) in [5.41, 5.74) is 8.59. The van der Waals surface area contributed by atoms with Crippen molar-refractivity contribution in [2.75, 3.05) is 18.9 Å². The average molecular weight is 423 g/mol. The van der Waals surface area contributed by atoms with Crippen LogP contribution >= 0.6 is 11.3 Å². The number of aromatic nitrogens is 2. The van der Waals surface area contributed by atoms with Gasteiger partial charge in [-0.15, -0.1) is 11.3 Å². The van der Waals surface area contributed by atoms with Gasteiger partial charge in [-0.1, -0.05) is 6.07 Å². The third kappa shape index (κ3) is 3.39. The molecule has 0 radical (unpaired) electrons. The molecule has 1 saturated heterocycles. The zero-order valence-electron chi connectivity index (χ0n) is 16.1. The molecule has 30 heavy (non-hydrogen) atoms. The summed E-state index contributed by atoms with van der Waals surface area (Å²) in [5, 5.41) is 0. The van der Waals surface area contributed by atoms with Gasteiger partial charge in [0, 0.05) is 29.6 Å². The van der Waals surface area contributed by atoms with Gasteiger partial charge in [-0.25, -0.2) is 4.39 Å². The molecule has 0 amide bonds. The number of fused-ring (bicyclic) bond motifs is 1. The number of benzene rings is 1. The first-order valence-electron chi connectivity index (χ1n) is 9.40. The van der Waals surface area contributed by atoms with Gasteiger partial charge in [-0.05, 0) is 31.2 Å². The van der Waals surface area contributed by atoms with Crippen LogP contribution < -0.4 is 10.5 Å². The Labute approximate surface area is 176 Å². The Bertz CT molecular complexity index is 1220. The molecule has 3 aromatic heterocycles. The Morgan fingerprint density at radius 2 is 1.93 bits per heavy atom. The van der Waals surface area contributed by atoms with Crippen molar-refractivity contribution in [3.8, 4) is 22.1 Å². The van der Waals surface area contributed by atoms with Crippen LogP contribution in [-0.2, 0) is 9.47 Å². The standard InChI is InChI=1S/C22H18FN3O3S/c1-12-17(5-3-14(24)20(12)23)29-18-6-7-25-16-10-19(30-21(16)18)15-4-2-13(11-26-15)22-27-8-9-28-22/h2-7,10-11,22H,8-9,24H2,1H3. The van der Waals surface area contributed by atoms with Gasteiger partial charge in [0.05, 0.1) is 39.7 Å². The van der Waals surface area contributed by atoms with E-state index >= 15 is 0 Å². The van der Waals surface area contributed by atoms with E-state index in [-0.39, 0.29) is 12.0 Å². The van der Waals surface area contributed by atoms with Crippen molar-refractivity contribution in [3.05, 3.63) is 65.7 Å². The molecule has 6 nitrogen and oxygen atoms in total.